The van der Waals surface area contributed by atoms with E-state index in [1.165, 1.54) is 6.42 Å². The summed E-state index contributed by atoms with van der Waals surface area (Å²) in [5.41, 5.74) is 0.896. The number of rotatable bonds is 8. The number of hydrogen-bond acceptors (Lipinski definition) is 5. The van der Waals surface area contributed by atoms with Crippen LogP contribution >= 0.6 is 0 Å². The average Bonchev–Trinajstić information content (AvgIpc) is 2.56. The van der Waals surface area contributed by atoms with Crippen LogP contribution in [0.1, 0.15) is 32.3 Å². The number of phenols is 1. The van der Waals surface area contributed by atoms with Gasteiger partial charge in [-0.3, -0.25) is 9.80 Å². The summed E-state index contributed by atoms with van der Waals surface area (Å²) in [4.78, 5) is 4.87. The normalized spacial score (nSPS) is 19.8. The smallest absolute Gasteiger partial charge is 0.162 e. The van der Waals surface area contributed by atoms with Gasteiger partial charge in [-0.25, -0.2) is 0 Å². The molecule has 5 nitrogen and oxygen atoms in total. The third-order valence-electron chi connectivity index (χ3n) is 4.84. The Labute approximate surface area is 145 Å². The summed E-state index contributed by atoms with van der Waals surface area (Å²) in [6.07, 6.45) is 2.00. The Kier molecular flexibility index (Phi) is 7.34. The van der Waals surface area contributed by atoms with Gasteiger partial charge in [-0.05, 0) is 31.4 Å². The van der Waals surface area contributed by atoms with E-state index in [1.54, 1.807) is 13.2 Å². The van der Waals surface area contributed by atoms with Crippen LogP contribution < -0.4 is 4.74 Å². The van der Waals surface area contributed by atoms with Crippen molar-refractivity contribution in [3.8, 4) is 11.5 Å². The fourth-order valence-electron chi connectivity index (χ4n) is 3.34. The van der Waals surface area contributed by atoms with Gasteiger partial charge in [-0.1, -0.05) is 26.0 Å². The molecule has 0 spiro atoms. The van der Waals surface area contributed by atoms with Crippen molar-refractivity contribution in [1.29, 1.82) is 0 Å². The highest BCUT2D eigenvalue weighted by Crippen LogP contribution is 2.30. The van der Waals surface area contributed by atoms with Crippen molar-refractivity contribution < 1.29 is 14.9 Å². The highest BCUT2D eigenvalue weighted by Gasteiger charge is 2.27. The molecule has 0 saturated carbocycles. The molecule has 2 rings (SSSR count). The standard InChI is InChI=1S/C19H32N2O3/c1-15(2)7-9-21-11-10-20(14-17(21)8-12-22)13-16-5-4-6-18(24-3)19(16)23/h4-6,15,17,22-23H,7-14H2,1-3H3/t17-/m0/s1. The highest BCUT2D eigenvalue weighted by molar-refractivity contribution is 5.45. The third-order valence-corrected chi connectivity index (χ3v) is 4.84. The first-order valence-electron chi connectivity index (χ1n) is 8.97. The van der Waals surface area contributed by atoms with Gasteiger partial charge in [-0.2, -0.15) is 0 Å². The van der Waals surface area contributed by atoms with Gasteiger partial charge < -0.3 is 14.9 Å². The largest absolute Gasteiger partial charge is 0.504 e. The maximum atomic E-state index is 10.3. The van der Waals surface area contributed by atoms with E-state index in [2.05, 4.69) is 23.6 Å². The second-order valence-corrected chi connectivity index (χ2v) is 7.09. The summed E-state index contributed by atoms with van der Waals surface area (Å²) in [7, 11) is 1.57. The van der Waals surface area contributed by atoms with Crippen LogP contribution in [-0.2, 0) is 6.54 Å². The van der Waals surface area contributed by atoms with Crippen molar-refractivity contribution in [2.45, 2.75) is 39.3 Å². The van der Waals surface area contributed by atoms with Gasteiger partial charge in [0.1, 0.15) is 0 Å². The minimum Gasteiger partial charge on any atom is -0.504 e. The fourth-order valence-corrected chi connectivity index (χ4v) is 3.34. The Morgan fingerprint density at radius 2 is 2.08 bits per heavy atom. The molecule has 0 amide bonds. The van der Waals surface area contributed by atoms with Crippen molar-refractivity contribution in [2.24, 2.45) is 5.92 Å². The number of phenolic OH excluding ortho intramolecular Hbond substituents is 1. The number of benzene rings is 1. The van der Waals surface area contributed by atoms with E-state index in [0.717, 1.165) is 38.2 Å². The number of ether oxygens (including phenoxy) is 1. The lowest BCUT2D eigenvalue weighted by molar-refractivity contribution is 0.0520. The molecule has 1 aromatic rings. The topological polar surface area (TPSA) is 56.2 Å². The van der Waals surface area contributed by atoms with E-state index in [1.807, 2.05) is 12.1 Å². The lowest BCUT2D eigenvalue weighted by Crippen LogP contribution is -2.53. The summed E-state index contributed by atoms with van der Waals surface area (Å²) in [5, 5.41) is 19.7. The third kappa shape index (κ3) is 5.10. The second kappa shape index (κ2) is 9.25. The quantitative estimate of drug-likeness (QED) is 0.763. The molecule has 1 saturated heterocycles. The van der Waals surface area contributed by atoms with E-state index in [-0.39, 0.29) is 12.4 Å². The average molecular weight is 336 g/mol. The van der Waals surface area contributed by atoms with E-state index in [0.29, 0.717) is 24.3 Å². The van der Waals surface area contributed by atoms with Gasteiger partial charge in [0.15, 0.2) is 11.5 Å². The van der Waals surface area contributed by atoms with Gasteiger partial charge in [0.05, 0.1) is 7.11 Å². The molecule has 5 heteroatoms. The minimum absolute atomic E-state index is 0.223. The first-order chi connectivity index (χ1) is 11.5. The maximum Gasteiger partial charge on any atom is 0.162 e. The summed E-state index contributed by atoms with van der Waals surface area (Å²) >= 11 is 0. The number of piperazine rings is 1. The Morgan fingerprint density at radius 1 is 1.29 bits per heavy atom. The fraction of sp³-hybridized carbons (Fsp3) is 0.684. The zero-order valence-electron chi connectivity index (χ0n) is 15.2. The number of aliphatic hydroxyl groups is 1. The van der Waals surface area contributed by atoms with Crippen molar-refractivity contribution in [1.82, 2.24) is 9.80 Å². The highest BCUT2D eigenvalue weighted by atomic mass is 16.5. The molecule has 1 aliphatic heterocycles. The Morgan fingerprint density at radius 3 is 2.75 bits per heavy atom. The second-order valence-electron chi connectivity index (χ2n) is 7.09. The molecule has 1 aliphatic rings. The van der Waals surface area contributed by atoms with Crippen molar-refractivity contribution in [2.75, 3.05) is 39.9 Å². The lowest BCUT2D eigenvalue weighted by Gasteiger charge is -2.41. The number of hydrogen-bond donors (Lipinski definition) is 2. The zero-order valence-corrected chi connectivity index (χ0v) is 15.2. The number of methoxy groups -OCH3 is 1. The van der Waals surface area contributed by atoms with E-state index >= 15 is 0 Å². The summed E-state index contributed by atoms with van der Waals surface area (Å²) in [6.45, 7) is 9.46. The molecule has 0 radical (unpaired) electrons. The van der Waals surface area contributed by atoms with Crippen LogP contribution in [0, 0.1) is 5.92 Å². The van der Waals surface area contributed by atoms with E-state index in [4.69, 9.17) is 4.74 Å². The number of nitrogens with zero attached hydrogens (tertiary/aromatic N) is 2. The molecule has 0 bridgehead atoms. The summed E-state index contributed by atoms with van der Waals surface area (Å²) < 4.78 is 5.20. The van der Waals surface area contributed by atoms with Crippen LogP contribution in [0.15, 0.2) is 18.2 Å². The molecule has 0 aromatic heterocycles. The minimum atomic E-state index is 0.223. The van der Waals surface area contributed by atoms with Crippen LogP contribution in [-0.4, -0.2) is 66.0 Å². The summed E-state index contributed by atoms with van der Waals surface area (Å²) in [5.74, 6) is 1.46. The van der Waals surface area contributed by atoms with Crippen LogP contribution in [0.2, 0.25) is 0 Å². The van der Waals surface area contributed by atoms with Gasteiger partial charge in [0.25, 0.3) is 0 Å². The van der Waals surface area contributed by atoms with Crippen molar-refractivity contribution in [3.63, 3.8) is 0 Å². The predicted octanol–water partition coefficient (Wildman–Crippen LogP) is 2.32. The molecule has 2 N–H and O–H groups in total. The van der Waals surface area contributed by atoms with Crippen LogP contribution in [0.5, 0.6) is 11.5 Å². The Balaban J connectivity index is 1.98. The van der Waals surface area contributed by atoms with Gasteiger partial charge in [0, 0.05) is 44.4 Å². The molecular formula is C19H32N2O3. The van der Waals surface area contributed by atoms with Crippen LogP contribution in [0.25, 0.3) is 0 Å². The first-order valence-corrected chi connectivity index (χ1v) is 8.97. The molecule has 1 atom stereocenters. The van der Waals surface area contributed by atoms with Crippen LogP contribution in [0.4, 0.5) is 0 Å². The first kappa shape index (κ1) is 19.0. The van der Waals surface area contributed by atoms with Gasteiger partial charge in [0.2, 0.25) is 0 Å². The molecule has 0 unspecified atom stereocenters. The Bertz CT molecular complexity index is 507. The van der Waals surface area contributed by atoms with E-state index in [9.17, 15) is 10.2 Å². The van der Waals surface area contributed by atoms with Crippen molar-refractivity contribution in [3.05, 3.63) is 23.8 Å². The monoisotopic (exact) mass is 336 g/mol. The molecule has 1 fully saturated rings. The lowest BCUT2D eigenvalue weighted by atomic mass is 10.0. The zero-order chi connectivity index (χ0) is 17.5. The maximum absolute atomic E-state index is 10.3. The van der Waals surface area contributed by atoms with Gasteiger partial charge >= 0.3 is 0 Å². The molecule has 136 valence electrons. The number of aliphatic hydroxyl groups excluding tert-OH is 1. The van der Waals surface area contributed by atoms with Gasteiger partial charge in [-0.15, -0.1) is 0 Å². The Hall–Kier alpha value is -1.30. The van der Waals surface area contributed by atoms with Crippen molar-refractivity contribution >= 4 is 0 Å². The van der Waals surface area contributed by atoms with Crippen LogP contribution in [0.3, 0.4) is 0 Å². The number of aromatic hydroxyl groups is 1. The SMILES string of the molecule is COc1cccc(CN2CCN(CCC(C)C)[C@@H](CCO)C2)c1O. The molecule has 1 aromatic carbocycles. The molecule has 1 heterocycles. The molecule has 24 heavy (non-hydrogen) atoms. The molecule has 0 aliphatic carbocycles. The predicted molar refractivity (Wildman–Crippen MR) is 96.5 cm³/mol. The van der Waals surface area contributed by atoms with E-state index < -0.39 is 0 Å². The molecular weight excluding hydrogens is 304 g/mol. The summed E-state index contributed by atoms with van der Waals surface area (Å²) in [6, 6.07) is 6.02. The number of para-hydroxylation sites is 1.